The molecule has 0 unspecified atom stereocenters. The first-order chi connectivity index (χ1) is 10.0. The third kappa shape index (κ3) is 3.52. The van der Waals surface area contributed by atoms with Crippen LogP contribution in [0.15, 0.2) is 34.9 Å². The van der Waals surface area contributed by atoms with E-state index in [4.69, 9.17) is 4.52 Å². The molecule has 0 aliphatic carbocycles. The van der Waals surface area contributed by atoms with Gasteiger partial charge in [-0.1, -0.05) is 35.0 Å². The molecule has 2 heterocycles. The molecule has 0 atom stereocenters. The van der Waals surface area contributed by atoms with Crippen LogP contribution < -0.4 is 0 Å². The van der Waals surface area contributed by atoms with Crippen LogP contribution in [-0.2, 0) is 6.54 Å². The fourth-order valence-corrected chi connectivity index (χ4v) is 2.66. The standard InChI is InChI=1S/C17H22N2O2/c1-13-3-5-14(6-4-13)16-11-15(21-18-16)12-19-9-7-17(2,20)8-10-19/h3-6,11,20H,7-10,12H2,1-2H3. The Morgan fingerprint density at radius 2 is 1.90 bits per heavy atom. The van der Waals surface area contributed by atoms with E-state index in [1.54, 1.807) is 0 Å². The van der Waals surface area contributed by atoms with Crippen molar-refractivity contribution in [2.75, 3.05) is 13.1 Å². The number of benzene rings is 1. The summed E-state index contributed by atoms with van der Waals surface area (Å²) >= 11 is 0. The Morgan fingerprint density at radius 1 is 1.24 bits per heavy atom. The second-order valence-electron chi connectivity index (χ2n) is 6.32. The van der Waals surface area contributed by atoms with Crippen molar-refractivity contribution < 1.29 is 9.63 Å². The Bertz CT molecular complexity index is 592. The van der Waals surface area contributed by atoms with Crippen LogP contribution in [0.3, 0.4) is 0 Å². The highest BCUT2D eigenvalue weighted by Gasteiger charge is 2.27. The normalized spacial score (nSPS) is 18.8. The summed E-state index contributed by atoms with van der Waals surface area (Å²) < 4.78 is 5.45. The van der Waals surface area contributed by atoms with Gasteiger partial charge in [-0.3, -0.25) is 4.90 Å². The van der Waals surface area contributed by atoms with Crippen LogP contribution in [-0.4, -0.2) is 33.9 Å². The Balaban J connectivity index is 1.64. The number of aromatic nitrogens is 1. The molecule has 4 heteroatoms. The zero-order chi connectivity index (χ0) is 14.9. The van der Waals surface area contributed by atoms with Crippen LogP contribution in [0.4, 0.5) is 0 Å². The van der Waals surface area contributed by atoms with Gasteiger partial charge >= 0.3 is 0 Å². The second kappa shape index (κ2) is 5.62. The Hall–Kier alpha value is -1.65. The zero-order valence-corrected chi connectivity index (χ0v) is 12.7. The number of aliphatic hydroxyl groups is 1. The Kier molecular flexibility index (Phi) is 3.83. The van der Waals surface area contributed by atoms with E-state index >= 15 is 0 Å². The summed E-state index contributed by atoms with van der Waals surface area (Å²) in [6.45, 7) is 6.54. The molecular formula is C17H22N2O2. The van der Waals surface area contributed by atoms with Gasteiger partial charge in [0, 0.05) is 24.7 Å². The predicted molar refractivity (Wildman–Crippen MR) is 81.8 cm³/mol. The van der Waals surface area contributed by atoms with Gasteiger partial charge in [0.1, 0.15) is 5.69 Å². The number of hydrogen-bond acceptors (Lipinski definition) is 4. The van der Waals surface area contributed by atoms with Crippen LogP contribution in [0.2, 0.25) is 0 Å². The fourth-order valence-electron chi connectivity index (χ4n) is 2.66. The molecule has 1 saturated heterocycles. The molecule has 1 aliphatic rings. The van der Waals surface area contributed by atoms with E-state index < -0.39 is 5.60 Å². The summed E-state index contributed by atoms with van der Waals surface area (Å²) in [6, 6.07) is 10.3. The largest absolute Gasteiger partial charge is 0.390 e. The first-order valence-electron chi connectivity index (χ1n) is 7.49. The average molecular weight is 286 g/mol. The monoisotopic (exact) mass is 286 g/mol. The molecule has 4 nitrogen and oxygen atoms in total. The van der Waals surface area contributed by atoms with Crippen LogP contribution in [0.1, 0.15) is 31.1 Å². The summed E-state index contributed by atoms with van der Waals surface area (Å²) in [6.07, 6.45) is 1.62. The van der Waals surface area contributed by atoms with Gasteiger partial charge in [-0.15, -0.1) is 0 Å². The lowest BCUT2D eigenvalue weighted by Crippen LogP contribution is -2.41. The summed E-state index contributed by atoms with van der Waals surface area (Å²) in [5.74, 6) is 0.882. The van der Waals surface area contributed by atoms with Crippen LogP contribution in [0, 0.1) is 6.92 Å². The van der Waals surface area contributed by atoms with Gasteiger partial charge < -0.3 is 9.63 Å². The molecule has 1 aromatic heterocycles. The molecule has 3 rings (SSSR count). The van der Waals surface area contributed by atoms with Crippen molar-refractivity contribution in [1.82, 2.24) is 10.1 Å². The molecule has 1 aromatic carbocycles. The lowest BCUT2D eigenvalue weighted by Gasteiger charge is -2.35. The van der Waals surface area contributed by atoms with Crippen molar-refractivity contribution in [2.45, 2.75) is 38.8 Å². The van der Waals surface area contributed by atoms with Gasteiger partial charge in [-0.25, -0.2) is 0 Å². The molecule has 0 spiro atoms. The second-order valence-corrected chi connectivity index (χ2v) is 6.32. The number of nitrogens with zero attached hydrogens (tertiary/aromatic N) is 2. The first kappa shape index (κ1) is 14.3. The maximum absolute atomic E-state index is 9.97. The lowest BCUT2D eigenvalue weighted by atomic mass is 9.94. The Labute approximate surface area is 125 Å². The van der Waals surface area contributed by atoms with Gasteiger partial charge in [-0.2, -0.15) is 0 Å². The Morgan fingerprint density at radius 3 is 2.57 bits per heavy atom. The van der Waals surface area contributed by atoms with E-state index in [2.05, 4.69) is 41.2 Å². The predicted octanol–water partition coefficient (Wildman–Crippen LogP) is 3.00. The highest BCUT2D eigenvalue weighted by Crippen LogP contribution is 2.24. The molecule has 21 heavy (non-hydrogen) atoms. The number of likely N-dealkylation sites (tertiary alicyclic amines) is 1. The molecule has 1 N–H and O–H groups in total. The molecule has 0 radical (unpaired) electrons. The molecule has 0 bridgehead atoms. The molecular weight excluding hydrogens is 264 g/mol. The van der Waals surface area contributed by atoms with E-state index in [9.17, 15) is 5.11 Å². The van der Waals surface area contributed by atoms with E-state index in [0.29, 0.717) is 0 Å². The van der Waals surface area contributed by atoms with Crippen molar-refractivity contribution in [3.8, 4) is 11.3 Å². The molecule has 0 amide bonds. The van der Waals surface area contributed by atoms with E-state index in [0.717, 1.165) is 49.5 Å². The third-order valence-electron chi connectivity index (χ3n) is 4.22. The van der Waals surface area contributed by atoms with Gasteiger partial charge in [0.2, 0.25) is 0 Å². The van der Waals surface area contributed by atoms with Crippen molar-refractivity contribution in [3.63, 3.8) is 0 Å². The highest BCUT2D eigenvalue weighted by molar-refractivity contribution is 5.59. The van der Waals surface area contributed by atoms with Gasteiger partial charge in [0.15, 0.2) is 5.76 Å². The maximum atomic E-state index is 9.97. The molecule has 0 saturated carbocycles. The number of aryl methyl sites for hydroxylation is 1. The van der Waals surface area contributed by atoms with Crippen molar-refractivity contribution in [3.05, 3.63) is 41.7 Å². The average Bonchev–Trinajstić information content (AvgIpc) is 2.91. The molecule has 1 aliphatic heterocycles. The van der Waals surface area contributed by atoms with Gasteiger partial charge in [-0.05, 0) is 26.7 Å². The lowest BCUT2D eigenvalue weighted by molar-refractivity contribution is -0.00905. The van der Waals surface area contributed by atoms with Gasteiger partial charge in [0.25, 0.3) is 0 Å². The quantitative estimate of drug-likeness (QED) is 0.942. The van der Waals surface area contributed by atoms with E-state index in [-0.39, 0.29) is 0 Å². The minimum absolute atomic E-state index is 0.509. The molecule has 2 aromatic rings. The first-order valence-corrected chi connectivity index (χ1v) is 7.49. The summed E-state index contributed by atoms with van der Waals surface area (Å²) in [5, 5.41) is 14.1. The van der Waals surface area contributed by atoms with Crippen molar-refractivity contribution >= 4 is 0 Å². The summed E-state index contributed by atoms with van der Waals surface area (Å²) in [7, 11) is 0. The maximum Gasteiger partial charge on any atom is 0.151 e. The zero-order valence-electron chi connectivity index (χ0n) is 12.7. The summed E-state index contributed by atoms with van der Waals surface area (Å²) in [4.78, 5) is 2.30. The van der Waals surface area contributed by atoms with E-state index in [1.165, 1.54) is 5.56 Å². The number of piperidine rings is 1. The third-order valence-corrected chi connectivity index (χ3v) is 4.22. The van der Waals surface area contributed by atoms with Crippen molar-refractivity contribution in [2.24, 2.45) is 0 Å². The molecule has 112 valence electrons. The van der Waals surface area contributed by atoms with Crippen LogP contribution in [0.5, 0.6) is 0 Å². The highest BCUT2D eigenvalue weighted by atomic mass is 16.5. The van der Waals surface area contributed by atoms with Crippen LogP contribution in [0.25, 0.3) is 11.3 Å². The SMILES string of the molecule is Cc1ccc(-c2cc(CN3CCC(C)(O)CC3)on2)cc1. The van der Waals surface area contributed by atoms with E-state index in [1.807, 2.05) is 13.0 Å². The molecule has 1 fully saturated rings. The minimum Gasteiger partial charge on any atom is -0.390 e. The minimum atomic E-state index is -0.509. The fraction of sp³-hybridized carbons (Fsp3) is 0.471. The van der Waals surface area contributed by atoms with Gasteiger partial charge in [0.05, 0.1) is 12.1 Å². The summed E-state index contributed by atoms with van der Waals surface area (Å²) in [5.41, 5.74) is 2.69. The number of rotatable bonds is 3. The van der Waals surface area contributed by atoms with Crippen molar-refractivity contribution in [1.29, 1.82) is 0 Å². The number of hydrogen-bond donors (Lipinski definition) is 1. The topological polar surface area (TPSA) is 49.5 Å². The smallest absolute Gasteiger partial charge is 0.151 e. The van der Waals surface area contributed by atoms with Crippen LogP contribution >= 0.6 is 0 Å².